The SMILES string of the molecule is CCOc1ccccc1CN1C[C@@H](O)C[C@H]1c1nnc2n1CCN(C)C2. The number of aromatic nitrogens is 3. The van der Waals surface area contributed by atoms with E-state index in [9.17, 15) is 5.11 Å². The molecule has 4 rings (SSSR count). The number of benzene rings is 1. The summed E-state index contributed by atoms with van der Waals surface area (Å²) < 4.78 is 8.01. The second kappa shape index (κ2) is 7.34. The second-order valence-electron chi connectivity index (χ2n) is 7.24. The molecule has 0 bridgehead atoms. The van der Waals surface area contributed by atoms with Crippen molar-refractivity contribution in [2.75, 3.05) is 26.7 Å². The summed E-state index contributed by atoms with van der Waals surface area (Å²) in [6.45, 7) is 6.76. The van der Waals surface area contributed by atoms with E-state index in [1.807, 2.05) is 25.1 Å². The average molecular weight is 357 g/mol. The first-order valence-corrected chi connectivity index (χ1v) is 9.39. The van der Waals surface area contributed by atoms with E-state index >= 15 is 0 Å². The summed E-state index contributed by atoms with van der Waals surface area (Å²) in [5.41, 5.74) is 1.14. The Morgan fingerprint density at radius 2 is 2.08 bits per heavy atom. The van der Waals surface area contributed by atoms with Gasteiger partial charge in [-0.25, -0.2) is 0 Å². The molecule has 1 saturated heterocycles. The van der Waals surface area contributed by atoms with Gasteiger partial charge in [0.05, 0.1) is 25.3 Å². The minimum Gasteiger partial charge on any atom is -0.494 e. The van der Waals surface area contributed by atoms with Crippen LogP contribution in [0.25, 0.3) is 0 Å². The number of nitrogens with zero attached hydrogens (tertiary/aromatic N) is 5. The van der Waals surface area contributed by atoms with Crippen LogP contribution in [0.3, 0.4) is 0 Å². The van der Waals surface area contributed by atoms with Crippen LogP contribution in [0.15, 0.2) is 24.3 Å². The van der Waals surface area contributed by atoms with Gasteiger partial charge in [0.1, 0.15) is 11.6 Å². The van der Waals surface area contributed by atoms with Crippen molar-refractivity contribution in [1.29, 1.82) is 0 Å². The maximum Gasteiger partial charge on any atom is 0.150 e. The van der Waals surface area contributed by atoms with Crippen molar-refractivity contribution in [1.82, 2.24) is 24.6 Å². The first-order valence-electron chi connectivity index (χ1n) is 9.39. The van der Waals surface area contributed by atoms with Crippen molar-refractivity contribution in [2.45, 2.75) is 45.1 Å². The lowest BCUT2D eigenvalue weighted by molar-refractivity contribution is 0.170. The zero-order valence-electron chi connectivity index (χ0n) is 15.5. The molecular formula is C19H27N5O2. The van der Waals surface area contributed by atoms with E-state index in [4.69, 9.17) is 4.74 Å². The fourth-order valence-corrected chi connectivity index (χ4v) is 4.02. The van der Waals surface area contributed by atoms with E-state index in [0.717, 1.165) is 49.1 Å². The van der Waals surface area contributed by atoms with Gasteiger partial charge in [0.2, 0.25) is 0 Å². The number of likely N-dealkylation sites (tertiary alicyclic amines) is 1. The highest BCUT2D eigenvalue weighted by molar-refractivity contribution is 5.33. The van der Waals surface area contributed by atoms with Crippen LogP contribution < -0.4 is 4.74 Å². The van der Waals surface area contributed by atoms with Crippen molar-refractivity contribution >= 4 is 0 Å². The molecule has 7 nitrogen and oxygen atoms in total. The fraction of sp³-hybridized carbons (Fsp3) is 0.579. The number of para-hydroxylation sites is 1. The van der Waals surface area contributed by atoms with E-state index < -0.39 is 0 Å². The van der Waals surface area contributed by atoms with Gasteiger partial charge in [-0.15, -0.1) is 10.2 Å². The summed E-state index contributed by atoms with van der Waals surface area (Å²) in [5.74, 6) is 2.92. The number of likely N-dealkylation sites (N-methyl/N-ethyl adjacent to an activating group) is 1. The summed E-state index contributed by atoms with van der Waals surface area (Å²) in [5, 5.41) is 19.2. The van der Waals surface area contributed by atoms with Crippen molar-refractivity contribution in [3.05, 3.63) is 41.5 Å². The van der Waals surface area contributed by atoms with E-state index in [1.165, 1.54) is 0 Å². The van der Waals surface area contributed by atoms with Gasteiger partial charge in [0.25, 0.3) is 0 Å². The third kappa shape index (κ3) is 3.34. The zero-order chi connectivity index (χ0) is 18.1. The first-order chi connectivity index (χ1) is 12.7. The Kier molecular flexibility index (Phi) is 4.93. The topological polar surface area (TPSA) is 66.7 Å². The molecule has 0 saturated carbocycles. The van der Waals surface area contributed by atoms with Gasteiger partial charge < -0.3 is 14.4 Å². The third-order valence-electron chi connectivity index (χ3n) is 5.30. The maximum atomic E-state index is 10.3. The lowest BCUT2D eigenvalue weighted by atomic mass is 10.1. The Bertz CT molecular complexity index is 762. The number of fused-ring (bicyclic) bond motifs is 1. The number of ether oxygens (including phenoxy) is 1. The molecule has 7 heteroatoms. The van der Waals surface area contributed by atoms with Crippen LogP contribution in [0, 0.1) is 0 Å². The highest BCUT2D eigenvalue weighted by atomic mass is 16.5. The van der Waals surface area contributed by atoms with Crippen LogP contribution in [-0.4, -0.2) is 62.5 Å². The Hall–Kier alpha value is -1.96. The van der Waals surface area contributed by atoms with E-state index in [1.54, 1.807) is 0 Å². The van der Waals surface area contributed by atoms with Crippen LogP contribution >= 0.6 is 0 Å². The standard InChI is InChI=1S/C19H27N5O2/c1-3-26-17-7-5-4-6-14(17)11-23-12-15(25)10-16(23)19-21-20-18-13-22(2)8-9-24(18)19/h4-7,15-16,25H,3,8-13H2,1-2H3/t15-,16-/m0/s1. The number of hydrogen-bond donors (Lipinski definition) is 1. The number of β-amino-alcohol motifs (C(OH)–C–C–N with tert-alkyl or cyclic N) is 1. The fourth-order valence-electron chi connectivity index (χ4n) is 4.02. The molecule has 3 heterocycles. The Morgan fingerprint density at radius 1 is 1.23 bits per heavy atom. The minimum absolute atomic E-state index is 0.0874. The van der Waals surface area contributed by atoms with Gasteiger partial charge in [-0.2, -0.15) is 0 Å². The number of rotatable bonds is 5. The lowest BCUT2D eigenvalue weighted by Gasteiger charge is -2.28. The van der Waals surface area contributed by atoms with Crippen molar-refractivity contribution in [3.63, 3.8) is 0 Å². The third-order valence-corrected chi connectivity index (χ3v) is 5.30. The lowest BCUT2D eigenvalue weighted by Crippen LogP contribution is -2.33. The maximum absolute atomic E-state index is 10.3. The largest absolute Gasteiger partial charge is 0.494 e. The Balaban J connectivity index is 1.59. The van der Waals surface area contributed by atoms with Crippen molar-refractivity contribution in [2.24, 2.45) is 0 Å². The number of hydrogen-bond acceptors (Lipinski definition) is 6. The second-order valence-corrected chi connectivity index (χ2v) is 7.24. The summed E-state index contributed by atoms with van der Waals surface area (Å²) in [6.07, 6.45) is 0.364. The summed E-state index contributed by atoms with van der Waals surface area (Å²) in [7, 11) is 2.11. The molecule has 1 aromatic heterocycles. The molecule has 1 fully saturated rings. The average Bonchev–Trinajstić information content (AvgIpc) is 3.19. The van der Waals surface area contributed by atoms with Crippen molar-refractivity contribution < 1.29 is 9.84 Å². The molecule has 0 unspecified atom stereocenters. The van der Waals surface area contributed by atoms with Gasteiger partial charge in [0.15, 0.2) is 5.82 Å². The number of aliphatic hydroxyl groups is 1. The molecular weight excluding hydrogens is 330 g/mol. The zero-order valence-corrected chi connectivity index (χ0v) is 15.5. The van der Waals surface area contributed by atoms with E-state index in [-0.39, 0.29) is 12.1 Å². The van der Waals surface area contributed by atoms with Gasteiger partial charge >= 0.3 is 0 Å². The molecule has 0 amide bonds. The Morgan fingerprint density at radius 3 is 2.92 bits per heavy atom. The highest BCUT2D eigenvalue weighted by Crippen LogP contribution is 2.34. The number of aliphatic hydroxyl groups excluding tert-OH is 1. The summed E-state index contributed by atoms with van der Waals surface area (Å²) in [4.78, 5) is 4.56. The predicted molar refractivity (Wildman–Crippen MR) is 97.7 cm³/mol. The summed E-state index contributed by atoms with van der Waals surface area (Å²) in [6, 6.07) is 8.23. The van der Waals surface area contributed by atoms with E-state index in [0.29, 0.717) is 19.6 Å². The van der Waals surface area contributed by atoms with Crippen LogP contribution in [0.5, 0.6) is 5.75 Å². The molecule has 0 aliphatic carbocycles. The molecule has 2 aliphatic heterocycles. The predicted octanol–water partition coefficient (Wildman–Crippen LogP) is 1.43. The molecule has 1 aromatic carbocycles. The molecule has 2 aromatic rings. The van der Waals surface area contributed by atoms with Gasteiger partial charge in [0, 0.05) is 31.7 Å². The van der Waals surface area contributed by atoms with Crippen LogP contribution in [0.1, 0.15) is 36.6 Å². The molecule has 2 atom stereocenters. The van der Waals surface area contributed by atoms with Crippen LogP contribution in [-0.2, 0) is 19.6 Å². The summed E-state index contributed by atoms with van der Waals surface area (Å²) >= 11 is 0. The van der Waals surface area contributed by atoms with Crippen LogP contribution in [0.4, 0.5) is 0 Å². The van der Waals surface area contributed by atoms with Gasteiger partial charge in [-0.3, -0.25) is 9.80 Å². The molecule has 140 valence electrons. The monoisotopic (exact) mass is 357 g/mol. The normalized spacial score (nSPS) is 24.0. The van der Waals surface area contributed by atoms with Crippen molar-refractivity contribution in [3.8, 4) is 5.75 Å². The van der Waals surface area contributed by atoms with E-state index in [2.05, 4.69) is 37.7 Å². The smallest absolute Gasteiger partial charge is 0.150 e. The first kappa shape index (κ1) is 17.5. The molecule has 1 N–H and O–H groups in total. The van der Waals surface area contributed by atoms with Crippen LogP contribution in [0.2, 0.25) is 0 Å². The van der Waals surface area contributed by atoms with Gasteiger partial charge in [-0.05, 0) is 26.5 Å². The minimum atomic E-state index is -0.335. The molecule has 0 radical (unpaired) electrons. The molecule has 0 spiro atoms. The van der Waals surface area contributed by atoms with Gasteiger partial charge in [-0.1, -0.05) is 18.2 Å². The molecule has 2 aliphatic rings. The molecule has 26 heavy (non-hydrogen) atoms. The highest BCUT2D eigenvalue weighted by Gasteiger charge is 2.36. The quantitative estimate of drug-likeness (QED) is 0.873. The Labute approximate surface area is 154 Å².